The molecule has 0 saturated heterocycles. The van der Waals surface area contributed by atoms with E-state index in [1.165, 1.54) is 6.92 Å². The van der Waals surface area contributed by atoms with Crippen molar-refractivity contribution in [3.05, 3.63) is 34.6 Å². The summed E-state index contributed by atoms with van der Waals surface area (Å²) in [6, 6.07) is 2.67. The highest BCUT2D eigenvalue weighted by molar-refractivity contribution is 6.69. The number of nitriles is 1. The maximum atomic E-state index is 13.4. The molecule has 2 nitrogen and oxygen atoms in total. The van der Waals surface area contributed by atoms with Gasteiger partial charge in [0.15, 0.2) is 31.9 Å². The normalized spacial score (nSPS) is 13.2. The summed E-state index contributed by atoms with van der Waals surface area (Å²) in [4.78, 5) is 0. The molecule has 0 aliphatic rings. The molecule has 0 N–H and O–H groups in total. The summed E-state index contributed by atoms with van der Waals surface area (Å²) in [7, 11) is -2.06. The number of rotatable bonds is 3. The van der Waals surface area contributed by atoms with Gasteiger partial charge in [-0.3, -0.25) is 0 Å². The molecule has 0 bridgehead atoms. The number of halogens is 3. The molecule has 0 fully saturated rings. The van der Waals surface area contributed by atoms with Crippen molar-refractivity contribution in [1.29, 1.82) is 5.26 Å². The van der Waals surface area contributed by atoms with E-state index in [9.17, 15) is 13.2 Å². The molecule has 1 atom stereocenters. The minimum absolute atomic E-state index is 0.0383. The van der Waals surface area contributed by atoms with Gasteiger partial charge in [-0.25, -0.2) is 13.2 Å². The van der Waals surface area contributed by atoms with E-state index >= 15 is 0 Å². The van der Waals surface area contributed by atoms with Crippen LogP contribution in [0.25, 0.3) is 0 Å². The van der Waals surface area contributed by atoms with Crippen LogP contribution in [0.1, 0.15) is 17.2 Å². The molecule has 1 aromatic carbocycles. The molecule has 1 rings (SSSR count). The van der Waals surface area contributed by atoms with E-state index in [0.717, 1.165) is 6.07 Å². The molecule has 0 heterocycles. The van der Waals surface area contributed by atoms with E-state index in [0.29, 0.717) is 0 Å². The van der Waals surface area contributed by atoms with E-state index in [2.05, 4.69) is 0 Å². The fourth-order valence-electron chi connectivity index (χ4n) is 1.49. The molecule has 6 heteroatoms. The molecule has 1 aromatic rings. The number of nitrogens with zero attached hydrogens (tertiary/aromatic N) is 1. The zero-order valence-corrected chi connectivity index (χ0v) is 11.6. The predicted molar refractivity (Wildman–Crippen MR) is 63.8 cm³/mol. The van der Waals surface area contributed by atoms with Crippen molar-refractivity contribution in [2.24, 2.45) is 0 Å². The van der Waals surface area contributed by atoms with E-state index in [1.807, 2.05) is 25.7 Å². The molecule has 0 aromatic heterocycles. The molecule has 0 saturated carbocycles. The second-order valence-electron chi connectivity index (χ2n) is 4.94. The largest absolute Gasteiger partial charge is 0.399 e. The third-order valence-electron chi connectivity index (χ3n) is 2.32. The van der Waals surface area contributed by atoms with Crippen LogP contribution in [-0.4, -0.2) is 8.32 Å². The highest BCUT2D eigenvalue weighted by Crippen LogP contribution is 2.28. The van der Waals surface area contributed by atoms with Crippen LogP contribution in [0.5, 0.6) is 0 Å². The van der Waals surface area contributed by atoms with Gasteiger partial charge in [0.05, 0.1) is 6.07 Å². The number of hydrogen-bond donors (Lipinski definition) is 0. The fraction of sp³-hybridized carbons (Fsp3) is 0.417. The summed E-state index contributed by atoms with van der Waals surface area (Å²) >= 11 is 0. The van der Waals surface area contributed by atoms with Crippen LogP contribution in [0, 0.1) is 35.7 Å². The second-order valence-corrected chi connectivity index (χ2v) is 9.40. The lowest BCUT2D eigenvalue weighted by molar-refractivity contribution is 0.252. The molecule has 0 amide bonds. The SMILES string of the molecule is Cc1c(C(C#N)O[Si](C)(C)C)cc(F)c(F)c1F. The topological polar surface area (TPSA) is 33.0 Å². The summed E-state index contributed by atoms with van der Waals surface area (Å²) in [5, 5.41) is 9.03. The summed E-state index contributed by atoms with van der Waals surface area (Å²) in [5.41, 5.74) is -0.0602. The van der Waals surface area contributed by atoms with E-state index in [4.69, 9.17) is 9.69 Å². The summed E-state index contributed by atoms with van der Waals surface area (Å²) in [6.07, 6.45) is -1.08. The molecule has 1 unspecified atom stereocenters. The Labute approximate surface area is 105 Å². The first-order chi connectivity index (χ1) is 8.17. The molecule has 0 spiro atoms. The van der Waals surface area contributed by atoms with Crippen LogP contribution in [0.3, 0.4) is 0 Å². The summed E-state index contributed by atoms with van der Waals surface area (Å²) in [5.74, 6) is -4.11. The first-order valence-corrected chi connectivity index (χ1v) is 8.79. The van der Waals surface area contributed by atoms with Gasteiger partial charge in [0.2, 0.25) is 0 Å². The van der Waals surface area contributed by atoms with Crippen molar-refractivity contribution in [2.75, 3.05) is 0 Å². The molecule has 18 heavy (non-hydrogen) atoms. The summed E-state index contributed by atoms with van der Waals surface area (Å²) in [6.45, 7) is 6.85. The van der Waals surface area contributed by atoms with Crippen molar-refractivity contribution in [3.63, 3.8) is 0 Å². The Hall–Kier alpha value is -1.32. The van der Waals surface area contributed by atoms with Gasteiger partial charge in [-0.2, -0.15) is 5.26 Å². The smallest absolute Gasteiger partial charge is 0.194 e. The average Bonchev–Trinajstić information content (AvgIpc) is 2.27. The second kappa shape index (κ2) is 5.12. The summed E-state index contributed by atoms with van der Waals surface area (Å²) < 4.78 is 45.1. The van der Waals surface area contributed by atoms with Crippen LogP contribution < -0.4 is 0 Å². The van der Waals surface area contributed by atoms with E-state index in [1.54, 1.807) is 0 Å². The molecular weight excluding hydrogens is 259 g/mol. The third-order valence-corrected chi connectivity index (χ3v) is 3.26. The van der Waals surface area contributed by atoms with Crippen molar-refractivity contribution in [3.8, 4) is 6.07 Å². The Morgan fingerprint density at radius 3 is 2.22 bits per heavy atom. The number of benzene rings is 1. The van der Waals surface area contributed by atoms with Crippen LogP contribution >= 0.6 is 0 Å². The quantitative estimate of drug-likeness (QED) is 0.619. The first-order valence-electron chi connectivity index (χ1n) is 5.39. The van der Waals surface area contributed by atoms with Gasteiger partial charge in [-0.05, 0) is 38.2 Å². The minimum atomic E-state index is -2.06. The van der Waals surface area contributed by atoms with Crippen molar-refractivity contribution in [2.45, 2.75) is 32.7 Å². The van der Waals surface area contributed by atoms with E-state index < -0.39 is 31.9 Å². The highest BCUT2D eigenvalue weighted by atomic mass is 28.4. The lowest BCUT2D eigenvalue weighted by Gasteiger charge is -2.23. The molecule has 98 valence electrons. The van der Waals surface area contributed by atoms with Gasteiger partial charge in [-0.15, -0.1) is 0 Å². The lowest BCUT2D eigenvalue weighted by Crippen LogP contribution is -2.28. The van der Waals surface area contributed by atoms with Crippen LogP contribution in [0.4, 0.5) is 13.2 Å². The lowest BCUT2D eigenvalue weighted by atomic mass is 10.0. The van der Waals surface area contributed by atoms with Gasteiger partial charge in [0.25, 0.3) is 0 Å². The Balaban J connectivity index is 3.28. The van der Waals surface area contributed by atoms with Gasteiger partial charge in [0.1, 0.15) is 0 Å². The Morgan fingerprint density at radius 2 is 1.78 bits per heavy atom. The Kier molecular flexibility index (Phi) is 4.19. The van der Waals surface area contributed by atoms with Crippen LogP contribution in [0.15, 0.2) is 6.07 Å². The number of hydrogen-bond acceptors (Lipinski definition) is 2. The van der Waals surface area contributed by atoms with Gasteiger partial charge < -0.3 is 4.43 Å². The van der Waals surface area contributed by atoms with Crippen molar-refractivity contribution in [1.82, 2.24) is 0 Å². The maximum absolute atomic E-state index is 13.4. The van der Waals surface area contributed by atoms with Crippen molar-refractivity contribution < 1.29 is 17.6 Å². The first kappa shape index (κ1) is 14.7. The monoisotopic (exact) mass is 273 g/mol. The molecule has 0 aliphatic carbocycles. The van der Waals surface area contributed by atoms with Gasteiger partial charge in [-0.1, -0.05) is 0 Å². The minimum Gasteiger partial charge on any atom is -0.399 e. The third kappa shape index (κ3) is 3.12. The van der Waals surface area contributed by atoms with Crippen molar-refractivity contribution >= 4 is 8.32 Å². The van der Waals surface area contributed by atoms with Crippen LogP contribution in [-0.2, 0) is 4.43 Å². The maximum Gasteiger partial charge on any atom is 0.194 e. The standard InChI is InChI=1S/C12H14F3NOSi/c1-7-8(5-9(13)12(15)11(7)14)10(6-16)17-18(2,3)4/h5,10H,1-4H3. The molecule has 0 radical (unpaired) electrons. The van der Waals surface area contributed by atoms with Gasteiger partial charge >= 0.3 is 0 Å². The van der Waals surface area contributed by atoms with Crippen LogP contribution in [0.2, 0.25) is 19.6 Å². The Bertz CT molecular complexity index is 506. The van der Waals surface area contributed by atoms with Gasteiger partial charge in [0, 0.05) is 5.56 Å². The van der Waals surface area contributed by atoms with E-state index in [-0.39, 0.29) is 11.1 Å². The fourth-order valence-corrected chi connectivity index (χ4v) is 2.38. The highest BCUT2D eigenvalue weighted by Gasteiger charge is 2.26. The predicted octanol–water partition coefficient (Wildman–Crippen LogP) is 3.83. The zero-order valence-electron chi connectivity index (χ0n) is 10.6. The Morgan fingerprint density at radius 1 is 1.22 bits per heavy atom. The zero-order chi connectivity index (χ0) is 14.1. The molecule has 0 aliphatic heterocycles. The average molecular weight is 273 g/mol. The molecular formula is C12H14F3NOSi.